The van der Waals surface area contributed by atoms with Crippen LogP contribution in [0.3, 0.4) is 0 Å². The summed E-state index contributed by atoms with van der Waals surface area (Å²) in [7, 11) is 0. The van der Waals surface area contributed by atoms with Gasteiger partial charge in [-0.2, -0.15) is 0 Å². The molecule has 1 amide bonds. The van der Waals surface area contributed by atoms with Crippen molar-refractivity contribution < 1.29 is 4.79 Å². The van der Waals surface area contributed by atoms with Gasteiger partial charge in [0.25, 0.3) is 5.91 Å². The van der Waals surface area contributed by atoms with Crippen LogP contribution in [0.4, 0.5) is 0 Å². The summed E-state index contributed by atoms with van der Waals surface area (Å²) in [6.45, 7) is 4.24. The number of nitrogens with zero attached hydrogens (tertiary/aromatic N) is 4. The third kappa shape index (κ3) is 3.68. The van der Waals surface area contributed by atoms with Crippen molar-refractivity contribution in [1.29, 1.82) is 0 Å². The van der Waals surface area contributed by atoms with Gasteiger partial charge < -0.3 is 9.47 Å². The molecular weight excluding hydrogens is 324 g/mol. The van der Waals surface area contributed by atoms with Crippen molar-refractivity contribution in [1.82, 2.24) is 19.4 Å². The number of amides is 1. The molecule has 26 heavy (non-hydrogen) atoms. The summed E-state index contributed by atoms with van der Waals surface area (Å²) < 4.78 is 2.03. The third-order valence-corrected chi connectivity index (χ3v) is 4.83. The Labute approximate surface area is 153 Å². The van der Waals surface area contributed by atoms with Crippen molar-refractivity contribution in [3.63, 3.8) is 0 Å². The lowest BCUT2D eigenvalue weighted by Crippen LogP contribution is -2.48. The Bertz CT molecular complexity index is 835. The number of benzene rings is 1. The Hall–Kier alpha value is -2.92. The highest BCUT2D eigenvalue weighted by molar-refractivity contribution is 5.94. The highest BCUT2D eigenvalue weighted by Gasteiger charge is 2.22. The maximum absolute atomic E-state index is 12.8. The Morgan fingerprint density at radius 2 is 1.54 bits per heavy atom. The SMILES string of the molecule is O=C(c1ccc(-n2cccc2)cc1)N1CCN(Cc2ccncc2)CC1. The number of pyridine rings is 1. The standard InChI is InChI=1S/C21H22N4O/c26-21(19-3-5-20(6-4-19)24-11-1-2-12-24)25-15-13-23(14-16-25)17-18-7-9-22-10-8-18/h1-12H,13-17H2. The largest absolute Gasteiger partial charge is 0.336 e. The van der Waals surface area contributed by atoms with Crippen LogP contribution in [-0.2, 0) is 6.54 Å². The molecule has 0 spiro atoms. The fraction of sp³-hybridized carbons (Fsp3) is 0.238. The van der Waals surface area contributed by atoms with Crippen molar-refractivity contribution in [3.8, 4) is 5.69 Å². The monoisotopic (exact) mass is 346 g/mol. The fourth-order valence-corrected chi connectivity index (χ4v) is 3.32. The van der Waals surface area contributed by atoms with Gasteiger partial charge in [0.15, 0.2) is 0 Å². The molecule has 1 aliphatic rings. The van der Waals surface area contributed by atoms with Gasteiger partial charge in [0.2, 0.25) is 0 Å². The Balaban J connectivity index is 1.34. The van der Waals surface area contributed by atoms with Gasteiger partial charge in [-0.3, -0.25) is 14.7 Å². The van der Waals surface area contributed by atoms with E-state index in [4.69, 9.17) is 0 Å². The van der Waals surface area contributed by atoms with Gasteiger partial charge >= 0.3 is 0 Å². The average Bonchev–Trinajstić information content (AvgIpc) is 3.24. The van der Waals surface area contributed by atoms with Gasteiger partial charge in [0, 0.05) is 68.8 Å². The van der Waals surface area contributed by atoms with Crippen LogP contribution in [0.5, 0.6) is 0 Å². The molecule has 1 aliphatic heterocycles. The molecule has 0 radical (unpaired) electrons. The average molecular weight is 346 g/mol. The van der Waals surface area contributed by atoms with E-state index in [2.05, 4.69) is 9.88 Å². The van der Waals surface area contributed by atoms with Crippen LogP contribution in [0.15, 0.2) is 73.3 Å². The lowest BCUT2D eigenvalue weighted by Gasteiger charge is -2.34. The van der Waals surface area contributed by atoms with E-state index in [1.165, 1.54) is 5.56 Å². The molecule has 132 valence electrons. The van der Waals surface area contributed by atoms with Crippen molar-refractivity contribution in [2.45, 2.75) is 6.54 Å². The molecule has 0 atom stereocenters. The number of carbonyl (C=O) groups excluding carboxylic acids is 1. The van der Waals surface area contributed by atoms with E-state index < -0.39 is 0 Å². The summed E-state index contributed by atoms with van der Waals surface area (Å²) in [5.41, 5.74) is 3.08. The van der Waals surface area contributed by atoms with Crippen molar-refractivity contribution in [2.75, 3.05) is 26.2 Å². The number of rotatable bonds is 4. The molecule has 3 aromatic rings. The van der Waals surface area contributed by atoms with Gasteiger partial charge in [0.05, 0.1) is 0 Å². The molecule has 1 fully saturated rings. The van der Waals surface area contributed by atoms with Crippen molar-refractivity contribution in [3.05, 3.63) is 84.4 Å². The Morgan fingerprint density at radius 3 is 2.19 bits per heavy atom. The first-order valence-corrected chi connectivity index (χ1v) is 8.93. The second-order valence-electron chi connectivity index (χ2n) is 6.56. The number of piperazine rings is 1. The second kappa shape index (κ2) is 7.54. The van der Waals surface area contributed by atoms with E-state index >= 15 is 0 Å². The van der Waals surface area contributed by atoms with E-state index in [0.29, 0.717) is 0 Å². The summed E-state index contributed by atoms with van der Waals surface area (Å²) in [4.78, 5) is 21.1. The molecule has 0 saturated carbocycles. The minimum Gasteiger partial charge on any atom is -0.336 e. The zero-order valence-electron chi connectivity index (χ0n) is 14.7. The highest BCUT2D eigenvalue weighted by atomic mass is 16.2. The van der Waals surface area contributed by atoms with Crippen molar-refractivity contribution >= 4 is 5.91 Å². The third-order valence-electron chi connectivity index (χ3n) is 4.83. The van der Waals surface area contributed by atoms with E-state index in [0.717, 1.165) is 44.0 Å². The van der Waals surface area contributed by atoms with E-state index in [-0.39, 0.29) is 5.91 Å². The molecule has 2 aromatic heterocycles. The van der Waals surface area contributed by atoms with Crippen LogP contribution in [0.2, 0.25) is 0 Å². The van der Waals surface area contributed by atoms with Crippen molar-refractivity contribution in [2.24, 2.45) is 0 Å². The molecular formula is C21H22N4O. The zero-order chi connectivity index (χ0) is 17.8. The molecule has 0 aliphatic carbocycles. The highest BCUT2D eigenvalue weighted by Crippen LogP contribution is 2.14. The van der Waals surface area contributed by atoms with Crippen LogP contribution in [0.1, 0.15) is 15.9 Å². The normalized spacial score (nSPS) is 15.2. The molecule has 1 saturated heterocycles. The lowest BCUT2D eigenvalue weighted by atomic mass is 10.1. The maximum Gasteiger partial charge on any atom is 0.253 e. The summed E-state index contributed by atoms with van der Waals surface area (Å²) >= 11 is 0. The van der Waals surface area contributed by atoms with Gasteiger partial charge in [-0.15, -0.1) is 0 Å². The summed E-state index contributed by atoms with van der Waals surface area (Å²) in [6.07, 6.45) is 7.65. The molecule has 3 heterocycles. The summed E-state index contributed by atoms with van der Waals surface area (Å²) in [5.74, 6) is 0.118. The van der Waals surface area contributed by atoms with Crippen LogP contribution in [0.25, 0.3) is 5.69 Å². The Kier molecular flexibility index (Phi) is 4.80. The first-order chi connectivity index (χ1) is 12.8. The molecule has 1 aromatic carbocycles. The smallest absolute Gasteiger partial charge is 0.253 e. The number of hydrogen-bond acceptors (Lipinski definition) is 3. The predicted octanol–water partition coefficient (Wildman–Crippen LogP) is 2.83. The van der Waals surface area contributed by atoms with Crippen LogP contribution in [0, 0.1) is 0 Å². The second-order valence-corrected chi connectivity index (χ2v) is 6.56. The van der Waals surface area contributed by atoms with Gasteiger partial charge in [-0.05, 0) is 54.1 Å². The quantitative estimate of drug-likeness (QED) is 0.729. The zero-order valence-corrected chi connectivity index (χ0v) is 14.7. The lowest BCUT2D eigenvalue weighted by molar-refractivity contribution is 0.0628. The van der Waals surface area contributed by atoms with Gasteiger partial charge in [0.1, 0.15) is 0 Å². The molecule has 5 nitrogen and oxygen atoms in total. The van der Waals surface area contributed by atoms with E-state index in [1.807, 2.05) is 82.8 Å². The van der Waals surface area contributed by atoms with Gasteiger partial charge in [-0.1, -0.05) is 0 Å². The maximum atomic E-state index is 12.8. The molecule has 4 rings (SSSR count). The topological polar surface area (TPSA) is 41.4 Å². The van der Waals surface area contributed by atoms with Crippen LogP contribution in [-0.4, -0.2) is 51.4 Å². The minimum atomic E-state index is 0.118. The number of hydrogen-bond donors (Lipinski definition) is 0. The summed E-state index contributed by atoms with van der Waals surface area (Å²) in [6, 6.07) is 15.9. The molecule has 0 bridgehead atoms. The van der Waals surface area contributed by atoms with E-state index in [9.17, 15) is 4.79 Å². The Morgan fingerprint density at radius 1 is 0.885 bits per heavy atom. The predicted molar refractivity (Wildman–Crippen MR) is 101 cm³/mol. The van der Waals surface area contributed by atoms with E-state index in [1.54, 1.807) is 0 Å². The van der Waals surface area contributed by atoms with Gasteiger partial charge in [-0.25, -0.2) is 0 Å². The number of carbonyl (C=O) groups is 1. The van der Waals surface area contributed by atoms with Crippen LogP contribution < -0.4 is 0 Å². The molecule has 0 N–H and O–H groups in total. The summed E-state index contributed by atoms with van der Waals surface area (Å²) in [5, 5.41) is 0. The number of aromatic nitrogens is 2. The molecule has 5 heteroatoms. The van der Waals surface area contributed by atoms with Crippen LogP contribution >= 0.6 is 0 Å². The fourth-order valence-electron chi connectivity index (χ4n) is 3.32. The first kappa shape index (κ1) is 16.5. The minimum absolute atomic E-state index is 0.118. The molecule has 0 unspecified atom stereocenters. The first-order valence-electron chi connectivity index (χ1n) is 8.93.